The van der Waals surface area contributed by atoms with E-state index in [9.17, 15) is 13.2 Å². The van der Waals surface area contributed by atoms with E-state index in [0.717, 1.165) is 27.3 Å². The van der Waals surface area contributed by atoms with Crippen molar-refractivity contribution >= 4 is 21.6 Å². The van der Waals surface area contributed by atoms with Gasteiger partial charge < -0.3 is 10.1 Å². The fraction of sp³-hybridized carbons (Fsp3) is 0.316. The molecule has 0 bridgehead atoms. The van der Waals surface area contributed by atoms with E-state index in [-0.39, 0.29) is 13.1 Å². The van der Waals surface area contributed by atoms with Crippen LogP contribution in [0.15, 0.2) is 42.5 Å². The predicted molar refractivity (Wildman–Crippen MR) is 103 cm³/mol. The second-order valence-electron chi connectivity index (χ2n) is 6.27. The largest absolute Gasteiger partial charge is 0.495 e. The molecule has 0 unspecified atom stereocenters. The molecular formula is C19H24N2O4S. The number of ether oxygens (including phenoxy) is 1. The Bertz CT molecular complexity index is 877. The maximum atomic E-state index is 12.4. The molecule has 6 nitrogen and oxygen atoms in total. The first kappa shape index (κ1) is 19.9. The number of nitrogens with one attached hydrogen (secondary N) is 1. The molecule has 2 aromatic carbocycles. The Kier molecular flexibility index (Phi) is 6.39. The van der Waals surface area contributed by atoms with Crippen molar-refractivity contribution in [2.45, 2.75) is 20.4 Å². The molecule has 2 aromatic rings. The minimum atomic E-state index is -3.54. The highest BCUT2D eigenvalue weighted by molar-refractivity contribution is 7.88. The van der Waals surface area contributed by atoms with Gasteiger partial charge in [0, 0.05) is 6.54 Å². The molecule has 140 valence electrons. The van der Waals surface area contributed by atoms with Crippen molar-refractivity contribution < 1.29 is 17.9 Å². The molecule has 0 fully saturated rings. The zero-order chi connectivity index (χ0) is 19.3. The Morgan fingerprint density at radius 3 is 2.27 bits per heavy atom. The number of amides is 1. The fourth-order valence-corrected chi connectivity index (χ4v) is 3.19. The lowest BCUT2D eigenvalue weighted by Gasteiger charge is -2.20. The van der Waals surface area contributed by atoms with E-state index in [2.05, 4.69) is 5.32 Å². The van der Waals surface area contributed by atoms with Crippen molar-refractivity contribution in [2.24, 2.45) is 0 Å². The first-order valence-electron chi connectivity index (χ1n) is 8.14. The number of methoxy groups -OCH3 is 1. The monoisotopic (exact) mass is 376 g/mol. The average Bonchev–Trinajstić information content (AvgIpc) is 2.55. The van der Waals surface area contributed by atoms with Crippen LogP contribution in [0, 0.1) is 13.8 Å². The summed E-state index contributed by atoms with van der Waals surface area (Å²) in [4.78, 5) is 12.4. The molecule has 0 heterocycles. The summed E-state index contributed by atoms with van der Waals surface area (Å²) in [5.41, 5.74) is 3.38. The van der Waals surface area contributed by atoms with Gasteiger partial charge >= 0.3 is 0 Å². The summed E-state index contributed by atoms with van der Waals surface area (Å²) in [7, 11) is -2.03. The number of benzene rings is 2. The van der Waals surface area contributed by atoms with Gasteiger partial charge in [-0.05, 0) is 37.1 Å². The quantitative estimate of drug-likeness (QED) is 0.806. The van der Waals surface area contributed by atoms with Gasteiger partial charge in [-0.25, -0.2) is 8.42 Å². The Hall–Kier alpha value is -2.38. The summed E-state index contributed by atoms with van der Waals surface area (Å²) in [5.74, 6) is 0.0971. The van der Waals surface area contributed by atoms with Crippen LogP contribution in [0.25, 0.3) is 0 Å². The van der Waals surface area contributed by atoms with E-state index >= 15 is 0 Å². The summed E-state index contributed by atoms with van der Waals surface area (Å²) < 4.78 is 30.6. The second-order valence-corrected chi connectivity index (χ2v) is 8.25. The van der Waals surface area contributed by atoms with Crippen molar-refractivity contribution in [1.29, 1.82) is 0 Å². The highest BCUT2D eigenvalue weighted by atomic mass is 32.2. The first-order chi connectivity index (χ1) is 12.2. The van der Waals surface area contributed by atoms with Crippen LogP contribution in [0.4, 0.5) is 5.69 Å². The van der Waals surface area contributed by atoms with E-state index in [1.54, 1.807) is 12.1 Å². The number of carbonyl (C=O) groups excluding carboxylic acids is 1. The molecule has 0 aliphatic carbocycles. The number of aryl methyl sites for hydroxylation is 2. The van der Waals surface area contributed by atoms with Gasteiger partial charge in [0.15, 0.2) is 0 Å². The van der Waals surface area contributed by atoms with Crippen LogP contribution >= 0.6 is 0 Å². The van der Waals surface area contributed by atoms with Crippen LogP contribution in [0.1, 0.15) is 16.7 Å². The summed E-state index contributed by atoms with van der Waals surface area (Å²) in [6, 6.07) is 12.9. The third-order valence-electron chi connectivity index (χ3n) is 3.90. The average molecular weight is 376 g/mol. The van der Waals surface area contributed by atoms with Crippen LogP contribution < -0.4 is 10.1 Å². The normalized spacial score (nSPS) is 11.4. The molecule has 0 aliphatic rings. The van der Waals surface area contributed by atoms with Crippen molar-refractivity contribution in [1.82, 2.24) is 4.31 Å². The minimum Gasteiger partial charge on any atom is -0.495 e. The summed E-state index contributed by atoms with van der Waals surface area (Å²) in [6.07, 6.45) is 1.10. The Balaban J connectivity index is 2.14. The minimum absolute atomic E-state index is 0.136. The lowest BCUT2D eigenvalue weighted by molar-refractivity contribution is -0.116. The second kappa shape index (κ2) is 8.33. The molecular weight excluding hydrogens is 352 g/mol. The number of sulfonamides is 1. The van der Waals surface area contributed by atoms with Gasteiger partial charge in [0.2, 0.25) is 15.9 Å². The van der Waals surface area contributed by atoms with Gasteiger partial charge in [-0.1, -0.05) is 35.9 Å². The van der Waals surface area contributed by atoms with Gasteiger partial charge in [-0.2, -0.15) is 4.31 Å². The fourth-order valence-electron chi connectivity index (χ4n) is 2.46. The van der Waals surface area contributed by atoms with Gasteiger partial charge in [-0.15, -0.1) is 0 Å². The van der Waals surface area contributed by atoms with Gasteiger partial charge in [0.1, 0.15) is 5.75 Å². The van der Waals surface area contributed by atoms with Crippen molar-refractivity contribution in [3.05, 3.63) is 59.2 Å². The number of rotatable bonds is 7. The molecule has 1 amide bonds. The zero-order valence-electron chi connectivity index (χ0n) is 15.4. The molecule has 7 heteroatoms. The van der Waals surface area contributed by atoms with Crippen LogP contribution in [-0.4, -0.2) is 38.5 Å². The molecule has 0 aromatic heterocycles. The molecule has 0 aliphatic heterocycles. The SMILES string of the molecule is COc1ccc(C)cc1NC(=O)CN(Cc1ccc(C)cc1)S(C)(=O)=O. The van der Waals surface area contributed by atoms with E-state index in [1.165, 1.54) is 7.11 Å². The molecule has 0 saturated carbocycles. The van der Waals surface area contributed by atoms with Gasteiger partial charge in [0.25, 0.3) is 0 Å². The highest BCUT2D eigenvalue weighted by Gasteiger charge is 2.21. The zero-order valence-corrected chi connectivity index (χ0v) is 16.3. The number of hydrogen-bond acceptors (Lipinski definition) is 4. The smallest absolute Gasteiger partial charge is 0.239 e. The topological polar surface area (TPSA) is 75.7 Å². The van der Waals surface area contributed by atoms with Crippen LogP contribution in [0.3, 0.4) is 0 Å². The molecule has 1 N–H and O–H groups in total. The van der Waals surface area contributed by atoms with Crippen LogP contribution in [0.5, 0.6) is 5.75 Å². The molecule has 0 radical (unpaired) electrons. The Morgan fingerprint density at radius 2 is 1.69 bits per heavy atom. The standard InChI is InChI=1S/C19H24N2O4S/c1-14-5-8-16(9-6-14)12-21(26(4,23)24)13-19(22)20-17-11-15(2)7-10-18(17)25-3/h5-11H,12-13H2,1-4H3,(H,20,22). The number of anilines is 1. The number of nitrogens with zero attached hydrogens (tertiary/aromatic N) is 1. The Labute approximate surface area is 154 Å². The van der Waals surface area contributed by atoms with E-state index in [4.69, 9.17) is 4.74 Å². The third-order valence-corrected chi connectivity index (χ3v) is 5.09. The summed E-state index contributed by atoms with van der Waals surface area (Å²) in [5, 5.41) is 2.73. The maximum absolute atomic E-state index is 12.4. The van der Waals surface area contributed by atoms with E-state index in [0.29, 0.717) is 11.4 Å². The third kappa shape index (κ3) is 5.57. The lowest BCUT2D eigenvalue weighted by Crippen LogP contribution is -2.37. The predicted octanol–water partition coefficient (Wildman–Crippen LogP) is 2.71. The van der Waals surface area contributed by atoms with Crippen molar-refractivity contribution in [2.75, 3.05) is 25.2 Å². The van der Waals surface area contributed by atoms with Crippen molar-refractivity contribution in [3.63, 3.8) is 0 Å². The molecule has 0 atom stereocenters. The van der Waals surface area contributed by atoms with Gasteiger partial charge in [-0.3, -0.25) is 4.79 Å². The van der Waals surface area contributed by atoms with Crippen LogP contribution in [-0.2, 0) is 21.4 Å². The number of hydrogen-bond donors (Lipinski definition) is 1. The first-order valence-corrected chi connectivity index (χ1v) is 9.99. The summed E-state index contributed by atoms with van der Waals surface area (Å²) >= 11 is 0. The van der Waals surface area contributed by atoms with E-state index in [1.807, 2.05) is 44.2 Å². The molecule has 26 heavy (non-hydrogen) atoms. The van der Waals surface area contributed by atoms with E-state index < -0.39 is 15.9 Å². The molecule has 0 spiro atoms. The molecule has 0 saturated heterocycles. The van der Waals surface area contributed by atoms with Gasteiger partial charge in [0.05, 0.1) is 25.6 Å². The van der Waals surface area contributed by atoms with Crippen LogP contribution in [0.2, 0.25) is 0 Å². The summed E-state index contributed by atoms with van der Waals surface area (Å²) in [6.45, 7) is 3.72. The lowest BCUT2D eigenvalue weighted by atomic mass is 10.1. The Morgan fingerprint density at radius 1 is 1.08 bits per heavy atom. The van der Waals surface area contributed by atoms with Crippen molar-refractivity contribution in [3.8, 4) is 5.75 Å². The molecule has 2 rings (SSSR count). The highest BCUT2D eigenvalue weighted by Crippen LogP contribution is 2.25. The number of carbonyl (C=O) groups is 1. The maximum Gasteiger partial charge on any atom is 0.239 e.